The van der Waals surface area contributed by atoms with Crippen LogP contribution in [0.1, 0.15) is 30.5 Å². The van der Waals surface area contributed by atoms with Crippen molar-refractivity contribution >= 4 is 10.0 Å². The van der Waals surface area contributed by atoms with Crippen LogP contribution in [0.3, 0.4) is 0 Å². The summed E-state index contributed by atoms with van der Waals surface area (Å²) < 4.78 is 46.3. The molecule has 1 aliphatic rings. The largest absolute Gasteiger partial charge is 0.494 e. The molecule has 0 bridgehead atoms. The highest BCUT2D eigenvalue weighted by atomic mass is 32.2. The van der Waals surface area contributed by atoms with Crippen LogP contribution >= 0.6 is 0 Å². The van der Waals surface area contributed by atoms with Crippen LogP contribution < -0.4 is 18.9 Å². The fraction of sp³-hybridized carbons (Fsp3) is 0.280. The normalized spacial score (nSPS) is 14.4. The van der Waals surface area contributed by atoms with Gasteiger partial charge in [0, 0.05) is 6.42 Å². The fourth-order valence-corrected chi connectivity index (χ4v) is 4.84. The smallest absolute Gasteiger partial charge is 0.241 e. The third-order valence-corrected chi connectivity index (χ3v) is 6.69. The minimum atomic E-state index is -3.77. The van der Waals surface area contributed by atoms with Gasteiger partial charge in [-0.15, -0.1) is 0 Å². The van der Waals surface area contributed by atoms with E-state index in [1.54, 1.807) is 24.3 Å². The van der Waals surface area contributed by atoms with Gasteiger partial charge < -0.3 is 14.2 Å². The van der Waals surface area contributed by atoms with Crippen molar-refractivity contribution < 1.29 is 22.6 Å². The molecule has 6 nitrogen and oxygen atoms in total. The molecule has 1 aliphatic heterocycles. The van der Waals surface area contributed by atoms with Gasteiger partial charge in [0.1, 0.15) is 5.75 Å². The van der Waals surface area contributed by atoms with Crippen LogP contribution in [-0.4, -0.2) is 28.2 Å². The molecule has 3 aromatic rings. The fourth-order valence-electron chi connectivity index (χ4n) is 3.61. The Hall–Kier alpha value is -3.03. The number of ether oxygens (including phenoxy) is 3. The molecule has 0 aliphatic carbocycles. The van der Waals surface area contributed by atoms with Crippen molar-refractivity contribution in [3.8, 4) is 17.2 Å². The van der Waals surface area contributed by atoms with Crippen molar-refractivity contribution in [2.45, 2.75) is 30.7 Å². The summed E-state index contributed by atoms with van der Waals surface area (Å²) in [6.07, 6.45) is 1.30. The SMILES string of the molecule is CCOc1ccc(S(=O)(=O)NC(Cc2ccccc2)c2ccc3c(c2)OCCCO3)cc1. The minimum absolute atomic E-state index is 0.188. The van der Waals surface area contributed by atoms with Gasteiger partial charge in [0.05, 0.1) is 30.8 Å². The molecule has 0 radical (unpaired) electrons. The number of hydrogen-bond acceptors (Lipinski definition) is 5. The lowest BCUT2D eigenvalue weighted by Gasteiger charge is -2.21. The lowest BCUT2D eigenvalue weighted by atomic mass is 9.99. The summed E-state index contributed by atoms with van der Waals surface area (Å²) in [5.41, 5.74) is 1.84. The van der Waals surface area contributed by atoms with Crippen molar-refractivity contribution in [3.63, 3.8) is 0 Å². The second-order valence-electron chi connectivity index (χ2n) is 7.52. The Morgan fingerprint density at radius 3 is 2.38 bits per heavy atom. The molecular weight excluding hydrogens is 426 g/mol. The predicted octanol–water partition coefficient (Wildman–Crippen LogP) is 4.51. The second-order valence-corrected chi connectivity index (χ2v) is 9.24. The Bertz CT molecular complexity index is 1130. The molecule has 1 N–H and O–H groups in total. The van der Waals surface area contributed by atoms with Crippen LogP contribution in [0.25, 0.3) is 0 Å². The van der Waals surface area contributed by atoms with E-state index < -0.39 is 16.1 Å². The summed E-state index contributed by atoms with van der Waals surface area (Å²) in [6.45, 7) is 3.57. The molecule has 0 saturated heterocycles. The molecule has 1 atom stereocenters. The van der Waals surface area contributed by atoms with E-state index in [4.69, 9.17) is 14.2 Å². The first-order chi connectivity index (χ1) is 15.5. The van der Waals surface area contributed by atoms with Crippen LogP contribution in [0.4, 0.5) is 0 Å². The number of nitrogens with one attached hydrogen (secondary N) is 1. The lowest BCUT2D eigenvalue weighted by molar-refractivity contribution is 0.297. The highest BCUT2D eigenvalue weighted by molar-refractivity contribution is 7.89. The number of benzene rings is 3. The monoisotopic (exact) mass is 453 g/mol. The number of rotatable bonds is 8. The Morgan fingerprint density at radius 1 is 0.938 bits per heavy atom. The average molecular weight is 454 g/mol. The third-order valence-electron chi connectivity index (χ3n) is 5.20. The molecular formula is C25H27NO5S. The standard InChI is InChI=1S/C25H27NO5S/c1-2-29-21-10-12-22(13-11-21)32(27,28)26-23(17-19-7-4-3-5-8-19)20-9-14-24-25(18-20)31-16-6-15-30-24/h3-5,7-14,18,23,26H,2,6,15-17H2,1H3. The maximum Gasteiger partial charge on any atom is 0.241 e. The Balaban J connectivity index is 1.64. The summed E-state index contributed by atoms with van der Waals surface area (Å²) in [4.78, 5) is 0.188. The van der Waals surface area contributed by atoms with Gasteiger partial charge in [-0.1, -0.05) is 36.4 Å². The molecule has 0 amide bonds. The molecule has 1 unspecified atom stereocenters. The van der Waals surface area contributed by atoms with E-state index >= 15 is 0 Å². The first-order valence-electron chi connectivity index (χ1n) is 10.7. The summed E-state index contributed by atoms with van der Waals surface area (Å²) >= 11 is 0. The number of hydrogen-bond donors (Lipinski definition) is 1. The number of sulfonamides is 1. The van der Waals surface area contributed by atoms with E-state index in [0.29, 0.717) is 43.5 Å². The zero-order valence-corrected chi connectivity index (χ0v) is 18.8. The van der Waals surface area contributed by atoms with E-state index in [1.807, 2.05) is 55.5 Å². The highest BCUT2D eigenvalue weighted by Crippen LogP contribution is 2.34. The van der Waals surface area contributed by atoms with Gasteiger partial charge in [-0.05, 0) is 60.9 Å². The Labute approximate surface area is 189 Å². The Morgan fingerprint density at radius 2 is 1.66 bits per heavy atom. The van der Waals surface area contributed by atoms with Crippen LogP contribution in [0.5, 0.6) is 17.2 Å². The molecule has 4 rings (SSSR count). The molecule has 0 aromatic heterocycles. The molecule has 0 fully saturated rings. The molecule has 0 saturated carbocycles. The number of fused-ring (bicyclic) bond motifs is 1. The first kappa shape index (κ1) is 22.2. The van der Waals surface area contributed by atoms with Crippen molar-refractivity contribution in [3.05, 3.63) is 83.9 Å². The third kappa shape index (κ3) is 5.41. The second kappa shape index (κ2) is 10.1. The minimum Gasteiger partial charge on any atom is -0.494 e. The van der Waals surface area contributed by atoms with Crippen LogP contribution in [0, 0.1) is 0 Å². The maximum absolute atomic E-state index is 13.2. The van der Waals surface area contributed by atoms with Crippen LogP contribution in [-0.2, 0) is 16.4 Å². The van der Waals surface area contributed by atoms with Gasteiger partial charge in [0.25, 0.3) is 0 Å². The predicted molar refractivity (Wildman–Crippen MR) is 123 cm³/mol. The molecule has 0 spiro atoms. The highest BCUT2D eigenvalue weighted by Gasteiger charge is 2.24. The molecule has 7 heteroatoms. The van der Waals surface area contributed by atoms with Gasteiger partial charge in [-0.3, -0.25) is 0 Å². The quantitative estimate of drug-likeness (QED) is 0.543. The van der Waals surface area contributed by atoms with Crippen LogP contribution in [0.2, 0.25) is 0 Å². The maximum atomic E-state index is 13.2. The van der Waals surface area contributed by atoms with E-state index in [9.17, 15) is 8.42 Å². The first-order valence-corrected chi connectivity index (χ1v) is 12.2. The van der Waals surface area contributed by atoms with Crippen molar-refractivity contribution in [2.24, 2.45) is 0 Å². The van der Waals surface area contributed by atoms with E-state index in [-0.39, 0.29) is 4.90 Å². The average Bonchev–Trinajstić information content (AvgIpc) is 3.05. The zero-order chi connectivity index (χ0) is 22.4. The van der Waals surface area contributed by atoms with Gasteiger partial charge in [0.2, 0.25) is 10.0 Å². The Kier molecular flexibility index (Phi) is 6.97. The molecule has 1 heterocycles. The summed E-state index contributed by atoms with van der Waals surface area (Å²) in [6, 6.07) is 21.4. The van der Waals surface area contributed by atoms with Crippen LogP contribution in [0.15, 0.2) is 77.7 Å². The summed E-state index contributed by atoms with van der Waals surface area (Å²) in [5.74, 6) is 1.95. The summed E-state index contributed by atoms with van der Waals surface area (Å²) in [7, 11) is -3.77. The van der Waals surface area contributed by atoms with Gasteiger partial charge in [0.15, 0.2) is 11.5 Å². The summed E-state index contributed by atoms with van der Waals surface area (Å²) in [5, 5.41) is 0. The van der Waals surface area contributed by atoms with E-state index in [1.165, 1.54) is 0 Å². The van der Waals surface area contributed by atoms with E-state index in [0.717, 1.165) is 17.5 Å². The van der Waals surface area contributed by atoms with Crippen molar-refractivity contribution in [2.75, 3.05) is 19.8 Å². The topological polar surface area (TPSA) is 73.9 Å². The zero-order valence-electron chi connectivity index (χ0n) is 18.0. The van der Waals surface area contributed by atoms with E-state index in [2.05, 4.69) is 4.72 Å². The molecule has 3 aromatic carbocycles. The molecule has 32 heavy (non-hydrogen) atoms. The van der Waals surface area contributed by atoms with Gasteiger partial charge >= 0.3 is 0 Å². The lowest BCUT2D eigenvalue weighted by Crippen LogP contribution is -2.30. The van der Waals surface area contributed by atoms with Crippen molar-refractivity contribution in [1.29, 1.82) is 0 Å². The molecule has 168 valence electrons. The van der Waals surface area contributed by atoms with Gasteiger partial charge in [-0.25, -0.2) is 13.1 Å². The van der Waals surface area contributed by atoms with Gasteiger partial charge in [-0.2, -0.15) is 0 Å². The van der Waals surface area contributed by atoms with Crippen molar-refractivity contribution in [1.82, 2.24) is 4.72 Å².